The van der Waals surface area contributed by atoms with E-state index in [4.69, 9.17) is 5.73 Å². The van der Waals surface area contributed by atoms with Crippen LogP contribution in [-0.2, 0) is 15.8 Å². The number of fused-ring (bicyclic) bond motifs is 1. The van der Waals surface area contributed by atoms with Crippen molar-refractivity contribution in [3.8, 4) is 0 Å². The van der Waals surface area contributed by atoms with Crippen LogP contribution in [0.4, 0.5) is 0 Å². The fourth-order valence-electron chi connectivity index (χ4n) is 2.63. The van der Waals surface area contributed by atoms with Gasteiger partial charge in [0, 0.05) is 5.56 Å². The van der Waals surface area contributed by atoms with Crippen LogP contribution in [0.2, 0.25) is 0 Å². The molecule has 3 rings (SSSR count). The molecule has 1 aromatic rings. The van der Waals surface area contributed by atoms with Gasteiger partial charge in [0.1, 0.15) is 5.84 Å². The smallest absolute Gasteiger partial charge is 0.259 e. The largest absolute Gasteiger partial charge is 0.383 e. The van der Waals surface area contributed by atoms with Gasteiger partial charge in [0.2, 0.25) is 0 Å². The molecule has 5 heteroatoms. The van der Waals surface area contributed by atoms with Crippen LogP contribution in [0.25, 0.3) is 5.57 Å². The van der Waals surface area contributed by atoms with E-state index in [0.29, 0.717) is 0 Å². The lowest BCUT2D eigenvalue weighted by atomic mass is 9.95. The molecule has 18 heavy (non-hydrogen) atoms. The van der Waals surface area contributed by atoms with Gasteiger partial charge < -0.3 is 5.73 Å². The van der Waals surface area contributed by atoms with E-state index in [1.807, 2.05) is 18.2 Å². The molecule has 1 aromatic carbocycles. The zero-order valence-electron chi connectivity index (χ0n) is 9.89. The van der Waals surface area contributed by atoms with Crippen molar-refractivity contribution < 1.29 is 8.42 Å². The molecule has 0 atom stereocenters. The number of nitrogens with zero attached hydrogens (tertiary/aromatic N) is 1. The molecule has 0 unspecified atom stereocenters. The maximum absolute atomic E-state index is 11.6. The molecule has 1 heterocycles. The van der Waals surface area contributed by atoms with Gasteiger partial charge in [0.25, 0.3) is 10.0 Å². The van der Waals surface area contributed by atoms with E-state index >= 15 is 0 Å². The second-order valence-electron chi connectivity index (χ2n) is 4.66. The van der Waals surface area contributed by atoms with Crippen LogP contribution in [0.15, 0.2) is 28.7 Å². The van der Waals surface area contributed by atoms with Crippen LogP contribution in [0.3, 0.4) is 0 Å². The molecule has 0 spiro atoms. The first-order valence-corrected chi connectivity index (χ1v) is 7.57. The van der Waals surface area contributed by atoms with Crippen molar-refractivity contribution in [3.05, 3.63) is 41.0 Å². The molecule has 1 aliphatic heterocycles. The highest BCUT2D eigenvalue weighted by molar-refractivity contribution is 7.89. The Labute approximate surface area is 106 Å². The molecule has 0 radical (unpaired) electrons. The molecule has 1 aliphatic carbocycles. The van der Waals surface area contributed by atoms with Crippen molar-refractivity contribution in [1.82, 2.24) is 0 Å². The lowest BCUT2D eigenvalue weighted by molar-refractivity contribution is 0.596. The molecule has 0 amide bonds. The van der Waals surface area contributed by atoms with Gasteiger partial charge in [-0.15, -0.1) is 4.40 Å². The van der Waals surface area contributed by atoms with Crippen LogP contribution in [0, 0.1) is 0 Å². The Hall–Kier alpha value is -1.62. The minimum absolute atomic E-state index is 0.0514. The van der Waals surface area contributed by atoms with E-state index in [-0.39, 0.29) is 11.6 Å². The van der Waals surface area contributed by atoms with E-state index in [2.05, 4.69) is 10.5 Å². The number of rotatable bonds is 1. The molecule has 94 valence electrons. The molecular weight excluding hydrogens is 248 g/mol. The van der Waals surface area contributed by atoms with Gasteiger partial charge in [-0.3, -0.25) is 0 Å². The Balaban J connectivity index is 2.21. The first-order valence-electron chi connectivity index (χ1n) is 5.96. The monoisotopic (exact) mass is 262 g/mol. The third kappa shape index (κ3) is 1.84. The van der Waals surface area contributed by atoms with Crippen LogP contribution >= 0.6 is 0 Å². The van der Waals surface area contributed by atoms with Gasteiger partial charge in [0.05, 0.1) is 5.75 Å². The average molecular weight is 262 g/mol. The van der Waals surface area contributed by atoms with Gasteiger partial charge in [-0.1, -0.05) is 24.3 Å². The number of allylic oxidation sites excluding steroid dienone is 2. The molecule has 0 fully saturated rings. The molecule has 0 bridgehead atoms. The second-order valence-corrected chi connectivity index (χ2v) is 6.30. The highest BCUT2D eigenvalue weighted by Gasteiger charge is 2.25. The summed E-state index contributed by atoms with van der Waals surface area (Å²) in [4.78, 5) is 0. The third-order valence-electron chi connectivity index (χ3n) is 3.37. The van der Waals surface area contributed by atoms with Crippen molar-refractivity contribution >= 4 is 21.4 Å². The third-order valence-corrected chi connectivity index (χ3v) is 4.52. The normalized spacial score (nSPS) is 21.1. The predicted octanol–water partition coefficient (Wildman–Crippen LogP) is 1.80. The van der Waals surface area contributed by atoms with Crippen molar-refractivity contribution in [1.29, 1.82) is 0 Å². The Bertz CT molecular complexity index is 672. The quantitative estimate of drug-likeness (QED) is 0.838. The van der Waals surface area contributed by atoms with E-state index < -0.39 is 10.0 Å². The van der Waals surface area contributed by atoms with E-state index in [1.165, 1.54) is 5.57 Å². The first-order chi connectivity index (χ1) is 8.57. The molecule has 0 saturated heterocycles. The topological polar surface area (TPSA) is 72.5 Å². The minimum atomic E-state index is -3.44. The Morgan fingerprint density at radius 1 is 1.28 bits per heavy atom. The summed E-state index contributed by atoms with van der Waals surface area (Å²) in [6, 6.07) is 5.70. The van der Waals surface area contributed by atoms with Gasteiger partial charge >= 0.3 is 0 Å². The van der Waals surface area contributed by atoms with Gasteiger partial charge in [0.15, 0.2) is 0 Å². The molecular formula is C13H14N2O2S. The summed E-state index contributed by atoms with van der Waals surface area (Å²) in [7, 11) is -3.44. The highest BCUT2D eigenvalue weighted by atomic mass is 32.2. The van der Waals surface area contributed by atoms with E-state index in [9.17, 15) is 8.42 Å². The Morgan fingerprint density at radius 2 is 2.11 bits per heavy atom. The summed E-state index contributed by atoms with van der Waals surface area (Å²) in [5.41, 5.74) is 9.69. The molecule has 2 N–H and O–H groups in total. The van der Waals surface area contributed by atoms with Gasteiger partial charge in [-0.2, -0.15) is 0 Å². The Kier molecular flexibility index (Phi) is 2.52. The first kappa shape index (κ1) is 11.5. The van der Waals surface area contributed by atoms with Crippen LogP contribution in [0.5, 0.6) is 0 Å². The van der Waals surface area contributed by atoms with Crippen LogP contribution in [0.1, 0.15) is 36.0 Å². The van der Waals surface area contributed by atoms with Crippen LogP contribution in [-0.4, -0.2) is 14.3 Å². The lowest BCUT2D eigenvalue weighted by Gasteiger charge is -2.18. The number of hydrogen-bond acceptors (Lipinski definition) is 3. The maximum atomic E-state index is 11.6. The molecule has 4 nitrogen and oxygen atoms in total. The summed E-state index contributed by atoms with van der Waals surface area (Å²) in [5.74, 6) is 0.0732. The summed E-state index contributed by atoms with van der Waals surface area (Å²) in [6.07, 6.45) is 5.45. The standard InChI is InChI=1S/C13H14N2O2S/c14-13-12-10(8-18(16,17)15-13)6-3-7-11(12)9-4-1-2-5-9/h3-4,6-7H,1-2,5,8H2,(H2,14,15). The molecule has 2 aliphatic rings. The number of sulfonamides is 1. The van der Waals surface area contributed by atoms with Crippen molar-refractivity contribution in [2.75, 3.05) is 0 Å². The maximum Gasteiger partial charge on any atom is 0.259 e. The number of benzene rings is 1. The predicted molar refractivity (Wildman–Crippen MR) is 71.6 cm³/mol. The number of amidine groups is 1. The van der Waals surface area contributed by atoms with Gasteiger partial charge in [-0.05, 0) is 36.0 Å². The fourth-order valence-corrected chi connectivity index (χ4v) is 3.72. The van der Waals surface area contributed by atoms with E-state index in [0.717, 1.165) is 36.0 Å². The van der Waals surface area contributed by atoms with Crippen molar-refractivity contribution in [3.63, 3.8) is 0 Å². The number of nitrogens with two attached hydrogens (primary N) is 1. The fraction of sp³-hybridized carbons (Fsp3) is 0.308. The minimum Gasteiger partial charge on any atom is -0.383 e. The zero-order chi connectivity index (χ0) is 12.8. The summed E-state index contributed by atoms with van der Waals surface area (Å²) in [5, 5.41) is 0. The van der Waals surface area contributed by atoms with Crippen molar-refractivity contribution in [2.45, 2.75) is 25.0 Å². The average Bonchev–Trinajstić information content (AvgIpc) is 2.79. The summed E-state index contributed by atoms with van der Waals surface area (Å²) < 4.78 is 26.8. The van der Waals surface area contributed by atoms with Gasteiger partial charge in [-0.25, -0.2) is 8.42 Å². The molecule has 0 saturated carbocycles. The Morgan fingerprint density at radius 3 is 2.83 bits per heavy atom. The van der Waals surface area contributed by atoms with Crippen molar-refractivity contribution in [2.24, 2.45) is 10.1 Å². The highest BCUT2D eigenvalue weighted by Crippen LogP contribution is 2.33. The van der Waals surface area contributed by atoms with E-state index in [1.54, 1.807) is 0 Å². The summed E-state index contributed by atoms with van der Waals surface area (Å²) >= 11 is 0. The SMILES string of the molecule is NC1=NS(=O)(=O)Cc2cccc(C3=CCCC3)c21. The molecule has 0 aromatic heterocycles. The van der Waals surface area contributed by atoms with Crippen LogP contribution < -0.4 is 5.73 Å². The lowest BCUT2D eigenvalue weighted by Crippen LogP contribution is -2.25. The zero-order valence-corrected chi connectivity index (χ0v) is 10.7. The summed E-state index contributed by atoms with van der Waals surface area (Å²) in [6.45, 7) is 0. The second kappa shape index (κ2) is 3.95. The number of hydrogen-bond donors (Lipinski definition) is 1.